The highest BCUT2D eigenvalue weighted by atomic mass is 16.5. The Balaban J connectivity index is 2.12. The normalized spacial score (nSPS) is 11.2. The molecule has 1 aromatic heterocycles. The lowest BCUT2D eigenvalue weighted by Gasteiger charge is -2.13. The minimum absolute atomic E-state index is 0.552. The van der Waals surface area contributed by atoms with Crippen molar-refractivity contribution in [3.8, 4) is 11.5 Å². The van der Waals surface area contributed by atoms with E-state index in [1.807, 2.05) is 44.6 Å². The molecule has 0 aliphatic heterocycles. The van der Waals surface area contributed by atoms with Gasteiger partial charge in [-0.3, -0.25) is 4.68 Å². The molecule has 2 aromatic rings. The summed E-state index contributed by atoms with van der Waals surface area (Å²) in [7, 11) is 5.12. The highest BCUT2D eigenvalue weighted by molar-refractivity contribution is 5.93. The summed E-state index contributed by atoms with van der Waals surface area (Å²) in [6.07, 6.45) is 3.76. The number of nitrogens with zero attached hydrogens (tertiary/aromatic N) is 3. The topological polar surface area (TPSA) is 72.7 Å². The second-order valence-electron chi connectivity index (χ2n) is 4.91. The smallest absolute Gasteiger partial charge is 0.196 e. The number of rotatable bonds is 6. The van der Waals surface area contributed by atoms with Gasteiger partial charge in [-0.25, -0.2) is 4.99 Å². The molecule has 0 saturated carbocycles. The predicted molar refractivity (Wildman–Crippen MR) is 91.2 cm³/mol. The van der Waals surface area contributed by atoms with Gasteiger partial charge >= 0.3 is 0 Å². The Kier molecular flexibility index (Phi) is 5.85. The Labute approximate surface area is 136 Å². The van der Waals surface area contributed by atoms with Crippen LogP contribution in [-0.4, -0.2) is 36.5 Å². The summed E-state index contributed by atoms with van der Waals surface area (Å²) in [5.41, 5.74) is 1.92. The first-order valence-electron chi connectivity index (χ1n) is 7.41. The number of hydrogen-bond acceptors (Lipinski definition) is 4. The van der Waals surface area contributed by atoms with Crippen LogP contribution >= 0.6 is 0 Å². The van der Waals surface area contributed by atoms with Crippen LogP contribution in [0, 0.1) is 0 Å². The Morgan fingerprint density at radius 1 is 1.26 bits per heavy atom. The van der Waals surface area contributed by atoms with Gasteiger partial charge in [-0.1, -0.05) is 0 Å². The van der Waals surface area contributed by atoms with E-state index in [4.69, 9.17) is 9.47 Å². The second-order valence-corrected chi connectivity index (χ2v) is 4.91. The van der Waals surface area contributed by atoms with Crippen molar-refractivity contribution >= 4 is 11.6 Å². The molecule has 7 nitrogen and oxygen atoms in total. The van der Waals surface area contributed by atoms with Gasteiger partial charge in [0.05, 0.1) is 27.0 Å². The molecule has 2 N–H and O–H groups in total. The molecule has 0 spiro atoms. The van der Waals surface area contributed by atoms with E-state index in [-0.39, 0.29) is 0 Å². The number of guanidine groups is 1. The summed E-state index contributed by atoms with van der Waals surface area (Å²) in [5, 5.41) is 10.6. The molecule has 0 atom stereocenters. The van der Waals surface area contributed by atoms with Crippen LogP contribution in [0.25, 0.3) is 0 Å². The van der Waals surface area contributed by atoms with E-state index in [0.717, 1.165) is 17.8 Å². The number of hydrogen-bond donors (Lipinski definition) is 2. The number of nitrogens with one attached hydrogen (secondary N) is 2. The summed E-state index contributed by atoms with van der Waals surface area (Å²) in [6, 6.07) is 5.64. The number of aliphatic imine (C=N–C) groups is 1. The first-order valence-corrected chi connectivity index (χ1v) is 7.41. The molecule has 1 heterocycles. The average molecular weight is 317 g/mol. The maximum Gasteiger partial charge on any atom is 0.196 e. The maximum absolute atomic E-state index is 5.31. The fraction of sp³-hybridized carbons (Fsp3) is 0.375. The summed E-state index contributed by atoms with van der Waals surface area (Å²) in [4.78, 5) is 4.56. The Bertz CT molecular complexity index is 666. The molecule has 0 bridgehead atoms. The number of ether oxygens (including phenoxy) is 2. The van der Waals surface area contributed by atoms with Gasteiger partial charge in [-0.2, -0.15) is 5.10 Å². The van der Waals surface area contributed by atoms with E-state index in [9.17, 15) is 0 Å². The maximum atomic E-state index is 5.31. The van der Waals surface area contributed by atoms with Gasteiger partial charge < -0.3 is 20.1 Å². The molecule has 7 heteroatoms. The van der Waals surface area contributed by atoms with Crippen LogP contribution in [-0.2, 0) is 13.6 Å². The van der Waals surface area contributed by atoms with Crippen molar-refractivity contribution in [1.29, 1.82) is 0 Å². The fourth-order valence-corrected chi connectivity index (χ4v) is 2.08. The average Bonchev–Trinajstić information content (AvgIpc) is 2.98. The van der Waals surface area contributed by atoms with Crippen molar-refractivity contribution < 1.29 is 9.47 Å². The van der Waals surface area contributed by atoms with Gasteiger partial charge in [0.1, 0.15) is 0 Å². The van der Waals surface area contributed by atoms with Crippen LogP contribution in [0.15, 0.2) is 35.6 Å². The van der Waals surface area contributed by atoms with Gasteiger partial charge in [-0.15, -0.1) is 0 Å². The third kappa shape index (κ3) is 4.64. The minimum atomic E-state index is 0.552. The Morgan fingerprint density at radius 3 is 2.65 bits per heavy atom. The summed E-state index contributed by atoms with van der Waals surface area (Å²) >= 11 is 0. The highest BCUT2D eigenvalue weighted by Crippen LogP contribution is 2.29. The first-order chi connectivity index (χ1) is 11.2. The third-order valence-corrected chi connectivity index (χ3v) is 3.17. The van der Waals surface area contributed by atoms with Gasteiger partial charge in [0, 0.05) is 37.1 Å². The van der Waals surface area contributed by atoms with E-state index >= 15 is 0 Å². The zero-order valence-corrected chi connectivity index (χ0v) is 14.0. The Morgan fingerprint density at radius 2 is 2.04 bits per heavy atom. The summed E-state index contributed by atoms with van der Waals surface area (Å²) in [6.45, 7) is 3.35. The van der Waals surface area contributed by atoms with Crippen molar-refractivity contribution in [2.75, 3.05) is 26.1 Å². The van der Waals surface area contributed by atoms with Crippen molar-refractivity contribution in [2.24, 2.45) is 12.0 Å². The van der Waals surface area contributed by atoms with Gasteiger partial charge in [0.15, 0.2) is 17.5 Å². The molecule has 0 aliphatic carbocycles. The zero-order valence-electron chi connectivity index (χ0n) is 14.0. The quantitative estimate of drug-likeness (QED) is 0.630. The standard InChI is InChI=1S/C16H23N5O2/c1-5-17-16(18-9-12-10-19-21(2)11-12)20-13-6-7-14(22-3)15(8-13)23-4/h6-8,10-11H,5,9H2,1-4H3,(H2,17,18,20). The molecule has 124 valence electrons. The van der Waals surface area contributed by atoms with E-state index in [0.29, 0.717) is 24.0 Å². The molecule has 0 radical (unpaired) electrons. The van der Waals surface area contributed by atoms with Crippen LogP contribution in [0.1, 0.15) is 12.5 Å². The molecule has 0 fully saturated rings. The molecular weight excluding hydrogens is 294 g/mol. The number of aryl methyl sites for hydroxylation is 1. The third-order valence-electron chi connectivity index (χ3n) is 3.17. The predicted octanol–water partition coefficient (Wildman–Crippen LogP) is 2.01. The van der Waals surface area contributed by atoms with Crippen LogP contribution in [0.2, 0.25) is 0 Å². The number of aromatic nitrogens is 2. The van der Waals surface area contributed by atoms with Crippen LogP contribution in [0.4, 0.5) is 5.69 Å². The number of methoxy groups -OCH3 is 2. The van der Waals surface area contributed by atoms with Gasteiger partial charge in [0.25, 0.3) is 0 Å². The Hall–Kier alpha value is -2.70. The SMILES string of the molecule is CCNC(=NCc1cnn(C)c1)Nc1ccc(OC)c(OC)c1. The second kappa shape index (κ2) is 8.07. The molecule has 23 heavy (non-hydrogen) atoms. The van der Waals surface area contributed by atoms with Crippen molar-refractivity contribution in [1.82, 2.24) is 15.1 Å². The molecule has 0 aliphatic rings. The molecular formula is C16H23N5O2. The molecule has 0 unspecified atom stereocenters. The summed E-state index contributed by atoms with van der Waals surface area (Å²) in [5.74, 6) is 2.06. The van der Waals surface area contributed by atoms with Crippen LogP contribution in [0.3, 0.4) is 0 Å². The lowest BCUT2D eigenvalue weighted by Crippen LogP contribution is -2.30. The van der Waals surface area contributed by atoms with Crippen LogP contribution < -0.4 is 20.1 Å². The first kappa shape index (κ1) is 16.7. The fourth-order valence-electron chi connectivity index (χ4n) is 2.08. The summed E-state index contributed by atoms with van der Waals surface area (Å²) < 4.78 is 12.3. The highest BCUT2D eigenvalue weighted by Gasteiger charge is 2.06. The van der Waals surface area contributed by atoms with E-state index in [1.165, 1.54) is 0 Å². The molecule has 2 rings (SSSR count). The molecule has 0 saturated heterocycles. The van der Waals surface area contributed by atoms with E-state index in [2.05, 4.69) is 20.7 Å². The van der Waals surface area contributed by atoms with Crippen molar-refractivity contribution in [3.05, 3.63) is 36.2 Å². The monoisotopic (exact) mass is 317 g/mol. The largest absolute Gasteiger partial charge is 0.493 e. The van der Waals surface area contributed by atoms with Gasteiger partial charge in [-0.05, 0) is 19.1 Å². The minimum Gasteiger partial charge on any atom is -0.493 e. The van der Waals surface area contributed by atoms with E-state index in [1.54, 1.807) is 18.9 Å². The van der Waals surface area contributed by atoms with Crippen molar-refractivity contribution in [2.45, 2.75) is 13.5 Å². The molecule has 1 aromatic carbocycles. The lowest BCUT2D eigenvalue weighted by molar-refractivity contribution is 0.355. The number of benzene rings is 1. The lowest BCUT2D eigenvalue weighted by atomic mass is 10.2. The van der Waals surface area contributed by atoms with Crippen molar-refractivity contribution in [3.63, 3.8) is 0 Å². The van der Waals surface area contributed by atoms with Crippen LogP contribution in [0.5, 0.6) is 11.5 Å². The molecule has 0 amide bonds. The van der Waals surface area contributed by atoms with Gasteiger partial charge in [0.2, 0.25) is 0 Å². The number of anilines is 1. The van der Waals surface area contributed by atoms with E-state index < -0.39 is 0 Å². The zero-order chi connectivity index (χ0) is 16.7.